The lowest BCUT2D eigenvalue weighted by molar-refractivity contribution is 0.582. The number of rotatable bonds is 6. The van der Waals surface area contributed by atoms with E-state index in [4.69, 9.17) is 8.83 Å². The Hall–Kier alpha value is -4.06. The summed E-state index contributed by atoms with van der Waals surface area (Å²) in [6.07, 6.45) is 0. The summed E-state index contributed by atoms with van der Waals surface area (Å²) in [5.41, 5.74) is 5.90. The third kappa shape index (κ3) is 4.39. The largest absolute Gasteiger partial charge is 0.416 e. The molecule has 170 valence electrons. The molecule has 0 bridgehead atoms. The summed E-state index contributed by atoms with van der Waals surface area (Å²) in [4.78, 5) is 0. The van der Waals surface area contributed by atoms with Gasteiger partial charge in [0.05, 0.1) is 0 Å². The first-order valence-electron chi connectivity index (χ1n) is 11.5. The van der Waals surface area contributed by atoms with Crippen LogP contribution in [0.15, 0.2) is 81.6 Å². The molecule has 0 radical (unpaired) electrons. The summed E-state index contributed by atoms with van der Waals surface area (Å²) < 4.78 is 11.9. The second kappa shape index (κ2) is 9.06. The average Bonchev–Trinajstić information content (AvgIpc) is 3.55. The van der Waals surface area contributed by atoms with Gasteiger partial charge in [0.25, 0.3) is 0 Å². The zero-order chi connectivity index (χ0) is 23.7. The first-order valence-corrected chi connectivity index (χ1v) is 11.5. The summed E-state index contributed by atoms with van der Waals surface area (Å²) in [5.74, 6) is 2.79. The standard InChI is InChI=1S/C28H26N4O2/c1-17(2)19-8-12-21(13-9-19)25-29-31-27(33-25)23-6-5-7-24(16-23)28-32-30-26(34-28)22-14-10-20(11-15-22)18(3)4/h5-18H,1-4H3. The van der Waals surface area contributed by atoms with E-state index < -0.39 is 0 Å². The topological polar surface area (TPSA) is 77.8 Å². The van der Waals surface area contributed by atoms with E-state index in [1.165, 1.54) is 11.1 Å². The molecule has 0 atom stereocenters. The van der Waals surface area contributed by atoms with Gasteiger partial charge in [0.15, 0.2) is 0 Å². The van der Waals surface area contributed by atoms with E-state index in [0.29, 0.717) is 35.4 Å². The molecule has 0 spiro atoms. The molecule has 6 nitrogen and oxygen atoms in total. The maximum atomic E-state index is 5.96. The number of aromatic nitrogens is 4. The molecular formula is C28H26N4O2. The highest BCUT2D eigenvalue weighted by molar-refractivity contribution is 5.66. The van der Waals surface area contributed by atoms with Crippen molar-refractivity contribution in [1.29, 1.82) is 0 Å². The molecule has 6 heteroatoms. The van der Waals surface area contributed by atoms with Crippen LogP contribution in [0.4, 0.5) is 0 Å². The molecule has 5 rings (SSSR count). The molecule has 0 aliphatic carbocycles. The minimum atomic E-state index is 0.439. The van der Waals surface area contributed by atoms with Crippen LogP contribution in [0.3, 0.4) is 0 Å². The van der Waals surface area contributed by atoms with Crippen molar-refractivity contribution in [3.63, 3.8) is 0 Å². The molecule has 0 unspecified atom stereocenters. The molecular weight excluding hydrogens is 424 g/mol. The molecule has 3 aromatic carbocycles. The maximum absolute atomic E-state index is 5.96. The third-order valence-electron chi connectivity index (χ3n) is 5.86. The Labute approximate surface area is 198 Å². The average molecular weight is 451 g/mol. The molecule has 0 fully saturated rings. The molecule has 0 aliphatic heterocycles. The van der Waals surface area contributed by atoms with Crippen LogP contribution in [-0.2, 0) is 0 Å². The van der Waals surface area contributed by atoms with Crippen LogP contribution in [0.1, 0.15) is 50.7 Å². The lowest BCUT2D eigenvalue weighted by Gasteiger charge is -2.04. The third-order valence-corrected chi connectivity index (χ3v) is 5.86. The highest BCUT2D eigenvalue weighted by Crippen LogP contribution is 2.30. The monoisotopic (exact) mass is 450 g/mol. The quantitative estimate of drug-likeness (QED) is 0.269. The fraction of sp³-hybridized carbons (Fsp3) is 0.214. The van der Waals surface area contributed by atoms with Gasteiger partial charge in [-0.3, -0.25) is 0 Å². The fourth-order valence-corrected chi connectivity index (χ4v) is 3.72. The van der Waals surface area contributed by atoms with Gasteiger partial charge in [-0.15, -0.1) is 20.4 Å². The molecule has 0 saturated carbocycles. The second-order valence-corrected chi connectivity index (χ2v) is 8.96. The van der Waals surface area contributed by atoms with E-state index in [1.54, 1.807) is 0 Å². The van der Waals surface area contributed by atoms with Crippen LogP contribution in [0.25, 0.3) is 45.8 Å². The molecule has 0 N–H and O–H groups in total. The van der Waals surface area contributed by atoms with Crippen molar-refractivity contribution in [2.75, 3.05) is 0 Å². The molecule has 2 heterocycles. The van der Waals surface area contributed by atoms with Crippen LogP contribution in [0, 0.1) is 0 Å². The van der Waals surface area contributed by atoms with Crippen molar-refractivity contribution < 1.29 is 8.83 Å². The van der Waals surface area contributed by atoms with E-state index in [0.717, 1.165) is 22.3 Å². The SMILES string of the molecule is CC(C)c1ccc(-c2nnc(-c3cccc(-c4nnc(-c5ccc(C(C)C)cc5)o4)c3)o2)cc1. The fourth-order valence-electron chi connectivity index (χ4n) is 3.72. The van der Waals surface area contributed by atoms with E-state index in [1.807, 2.05) is 48.5 Å². The Balaban J connectivity index is 1.38. The first kappa shape index (κ1) is 21.8. The minimum Gasteiger partial charge on any atom is -0.416 e. The Morgan fingerprint density at radius 1 is 0.471 bits per heavy atom. The molecule has 0 amide bonds. The lowest BCUT2D eigenvalue weighted by Crippen LogP contribution is -1.86. The van der Waals surface area contributed by atoms with Crippen molar-refractivity contribution in [2.45, 2.75) is 39.5 Å². The predicted octanol–water partition coefficient (Wildman–Crippen LogP) is 7.37. The summed E-state index contributed by atoms with van der Waals surface area (Å²) in [6.45, 7) is 8.67. The van der Waals surface area contributed by atoms with Gasteiger partial charge in [0.2, 0.25) is 23.6 Å². The summed E-state index contributed by atoms with van der Waals surface area (Å²) in [5, 5.41) is 17.0. The summed E-state index contributed by atoms with van der Waals surface area (Å²) in [6, 6.07) is 24.1. The number of nitrogens with zero attached hydrogens (tertiary/aromatic N) is 4. The van der Waals surface area contributed by atoms with Gasteiger partial charge in [-0.2, -0.15) is 0 Å². The smallest absolute Gasteiger partial charge is 0.248 e. The highest BCUT2D eigenvalue weighted by Gasteiger charge is 2.15. The van der Waals surface area contributed by atoms with Crippen molar-refractivity contribution in [3.05, 3.63) is 83.9 Å². The molecule has 0 saturated heterocycles. The van der Waals surface area contributed by atoms with Crippen molar-refractivity contribution in [3.8, 4) is 45.8 Å². The Kier molecular flexibility index (Phi) is 5.80. The van der Waals surface area contributed by atoms with Crippen molar-refractivity contribution >= 4 is 0 Å². The van der Waals surface area contributed by atoms with Crippen LogP contribution < -0.4 is 0 Å². The van der Waals surface area contributed by atoms with Crippen molar-refractivity contribution in [2.24, 2.45) is 0 Å². The number of hydrogen-bond acceptors (Lipinski definition) is 6. The second-order valence-electron chi connectivity index (χ2n) is 8.96. The zero-order valence-corrected chi connectivity index (χ0v) is 19.7. The lowest BCUT2D eigenvalue weighted by atomic mass is 10.0. The van der Waals surface area contributed by atoms with Gasteiger partial charge in [-0.05, 0) is 65.4 Å². The van der Waals surface area contributed by atoms with Gasteiger partial charge >= 0.3 is 0 Å². The summed E-state index contributed by atoms with van der Waals surface area (Å²) >= 11 is 0. The zero-order valence-electron chi connectivity index (χ0n) is 19.7. The molecule has 0 aliphatic rings. The highest BCUT2D eigenvalue weighted by atomic mass is 16.4. The van der Waals surface area contributed by atoms with E-state index in [9.17, 15) is 0 Å². The van der Waals surface area contributed by atoms with Crippen LogP contribution in [0.5, 0.6) is 0 Å². The molecule has 34 heavy (non-hydrogen) atoms. The van der Waals surface area contributed by atoms with E-state index in [2.05, 4.69) is 72.4 Å². The normalized spacial score (nSPS) is 11.5. The molecule has 5 aromatic rings. The van der Waals surface area contributed by atoms with Crippen LogP contribution >= 0.6 is 0 Å². The Morgan fingerprint density at radius 2 is 0.824 bits per heavy atom. The maximum Gasteiger partial charge on any atom is 0.248 e. The van der Waals surface area contributed by atoms with Crippen LogP contribution in [0.2, 0.25) is 0 Å². The Morgan fingerprint density at radius 3 is 1.18 bits per heavy atom. The summed E-state index contributed by atoms with van der Waals surface area (Å²) in [7, 11) is 0. The number of hydrogen-bond donors (Lipinski definition) is 0. The van der Waals surface area contributed by atoms with Gasteiger partial charge in [-0.25, -0.2) is 0 Å². The molecule has 2 aromatic heterocycles. The number of benzene rings is 3. The minimum absolute atomic E-state index is 0.439. The van der Waals surface area contributed by atoms with Gasteiger partial charge in [0.1, 0.15) is 0 Å². The van der Waals surface area contributed by atoms with Crippen LogP contribution in [-0.4, -0.2) is 20.4 Å². The van der Waals surface area contributed by atoms with Gasteiger partial charge in [-0.1, -0.05) is 58.0 Å². The Bertz CT molecular complexity index is 1290. The van der Waals surface area contributed by atoms with Gasteiger partial charge in [0, 0.05) is 22.3 Å². The van der Waals surface area contributed by atoms with E-state index in [-0.39, 0.29) is 0 Å². The van der Waals surface area contributed by atoms with E-state index >= 15 is 0 Å². The first-order chi connectivity index (χ1) is 16.5. The van der Waals surface area contributed by atoms with Crippen molar-refractivity contribution in [1.82, 2.24) is 20.4 Å². The van der Waals surface area contributed by atoms with Gasteiger partial charge < -0.3 is 8.83 Å². The predicted molar refractivity (Wildman–Crippen MR) is 132 cm³/mol.